The number of allylic oxidation sites excluding steroid dienone is 8. The van der Waals surface area contributed by atoms with E-state index in [9.17, 15) is 19.8 Å². The molecule has 0 fully saturated rings. The maximum absolute atomic E-state index is 13.6. The van der Waals surface area contributed by atoms with Gasteiger partial charge in [0.2, 0.25) is 0 Å². The molecule has 1 aliphatic rings. The maximum atomic E-state index is 13.6. The van der Waals surface area contributed by atoms with Gasteiger partial charge >= 0.3 is 12.1 Å². The van der Waals surface area contributed by atoms with Crippen molar-refractivity contribution in [3.63, 3.8) is 0 Å². The van der Waals surface area contributed by atoms with Crippen LogP contribution in [-0.4, -0.2) is 59.7 Å². The highest BCUT2D eigenvalue weighted by atomic mass is 32.1. The van der Waals surface area contributed by atoms with Crippen LogP contribution >= 0.6 is 11.3 Å². The van der Waals surface area contributed by atoms with Gasteiger partial charge in [-0.25, -0.2) is 14.6 Å². The van der Waals surface area contributed by atoms with Crippen molar-refractivity contribution in [1.29, 1.82) is 0 Å². The van der Waals surface area contributed by atoms with Gasteiger partial charge in [0.05, 0.1) is 24.0 Å². The molecular weight excluding hydrogens is 677 g/mol. The lowest BCUT2D eigenvalue weighted by Gasteiger charge is -2.26. The van der Waals surface area contributed by atoms with Gasteiger partial charge in [0.25, 0.3) is 0 Å². The molecule has 0 saturated carbocycles. The second kappa shape index (κ2) is 21.8. The number of nitrogens with zero attached hydrogens (tertiary/aromatic N) is 1. The van der Waals surface area contributed by atoms with Crippen LogP contribution in [0.4, 0.5) is 4.79 Å². The molecule has 2 heterocycles. The predicted molar refractivity (Wildman–Crippen MR) is 211 cm³/mol. The number of aromatic nitrogens is 1. The minimum atomic E-state index is -0.755. The predicted octanol–water partition coefficient (Wildman–Crippen LogP) is 9.06. The monoisotopic (exact) mass is 738 g/mol. The molecule has 0 bridgehead atoms. The van der Waals surface area contributed by atoms with E-state index in [1.165, 1.54) is 18.4 Å². The van der Waals surface area contributed by atoms with Crippen molar-refractivity contribution in [2.24, 2.45) is 23.7 Å². The SMILES string of the molecule is CNC(=O)OC(CC(C)C)c1nc(C2OC(=O)/C(C)=C\C/C(C)=C\C(O)C(C)\C=C(C)/C=C(C)\C=C/C(O)C(C)C(OC)/C(C)=C\C=C/C2C)cs1. The second-order valence-electron chi connectivity index (χ2n) is 14.5. The van der Waals surface area contributed by atoms with E-state index >= 15 is 0 Å². The molecule has 2 rings (SSSR count). The van der Waals surface area contributed by atoms with Crippen LogP contribution in [0.15, 0.2) is 87.9 Å². The summed E-state index contributed by atoms with van der Waals surface area (Å²) in [5, 5.41) is 27.0. The number of thiazole rings is 1. The molecule has 8 unspecified atom stereocenters. The van der Waals surface area contributed by atoms with Gasteiger partial charge in [-0.1, -0.05) is 106 Å². The first kappa shape index (κ1) is 44.6. The number of hydrogen-bond donors (Lipinski definition) is 3. The summed E-state index contributed by atoms with van der Waals surface area (Å²) in [5.41, 5.74) is 4.83. The number of aliphatic hydroxyl groups excluding tert-OH is 2. The highest BCUT2D eigenvalue weighted by Crippen LogP contribution is 2.34. The zero-order valence-electron chi connectivity index (χ0n) is 33.2. The van der Waals surface area contributed by atoms with Gasteiger partial charge in [-0.3, -0.25) is 0 Å². The molecular formula is C42H62N2O7S. The minimum absolute atomic E-state index is 0.147. The molecule has 0 aliphatic carbocycles. The Labute approximate surface area is 315 Å². The number of methoxy groups -OCH3 is 1. The minimum Gasteiger partial charge on any atom is -0.452 e. The molecule has 0 radical (unpaired) electrons. The Bertz CT molecular complexity index is 1550. The molecule has 1 amide bonds. The van der Waals surface area contributed by atoms with Crippen molar-refractivity contribution in [2.75, 3.05) is 14.2 Å². The number of nitrogens with one attached hydrogen (secondary N) is 1. The van der Waals surface area contributed by atoms with Gasteiger partial charge in [-0.05, 0) is 59.0 Å². The molecule has 0 spiro atoms. The number of carbonyl (C=O) groups excluding carboxylic acids is 2. The first-order chi connectivity index (χ1) is 24.5. The number of aliphatic hydroxyl groups is 2. The third-order valence-corrected chi connectivity index (χ3v) is 9.99. The van der Waals surface area contributed by atoms with Gasteiger partial charge in [0.15, 0.2) is 12.2 Å². The Hall–Kier alpha value is -3.57. The molecule has 0 aromatic carbocycles. The zero-order valence-corrected chi connectivity index (χ0v) is 34.0. The molecule has 1 aromatic rings. The standard InChI is InChI=1S/C42H62N2O7S/c1-25(2)20-37(50-42(48)43-11)40-44-34(24-52-40)39-30(7)15-13-14-29(6)38(49-12)33(10)35(45)19-17-26(3)21-28(5)22-32(9)36(46)23-27(4)16-18-31(8)41(47)51-39/h13-15,17-19,21-25,30,32-33,35-39,45-46H,16,20H2,1-12H3,(H,43,48)/b15-13-,19-17-,26-21-,27-23-,28-22-,29-14-,31-18-. The van der Waals surface area contributed by atoms with Crippen LogP contribution < -0.4 is 5.32 Å². The zero-order chi connectivity index (χ0) is 39.1. The molecule has 9 nitrogen and oxygen atoms in total. The summed E-state index contributed by atoms with van der Waals surface area (Å²) in [6, 6.07) is 0. The summed E-state index contributed by atoms with van der Waals surface area (Å²) >= 11 is 1.37. The molecule has 10 heteroatoms. The Morgan fingerprint density at radius 2 is 1.73 bits per heavy atom. The average molecular weight is 739 g/mol. The third-order valence-electron chi connectivity index (χ3n) is 9.03. The Morgan fingerprint density at radius 3 is 2.37 bits per heavy atom. The van der Waals surface area contributed by atoms with Crippen molar-refractivity contribution in [1.82, 2.24) is 10.3 Å². The second-order valence-corrected chi connectivity index (χ2v) is 15.4. The van der Waals surface area contributed by atoms with Crippen LogP contribution in [-0.2, 0) is 19.0 Å². The van der Waals surface area contributed by atoms with Crippen molar-refractivity contribution in [2.45, 2.75) is 113 Å². The lowest BCUT2D eigenvalue weighted by Crippen LogP contribution is -2.30. The molecule has 288 valence electrons. The third kappa shape index (κ3) is 14.5. The maximum Gasteiger partial charge on any atom is 0.407 e. The quantitative estimate of drug-likeness (QED) is 0.195. The Kier molecular flexibility index (Phi) is 18.7. The molecule has 1 aromatic heterocycles. The topological polar surface area (TPSA) is 127 Å². The van der Waals surface area contributed by atoms with Crippen molar-refractivity contribution in [3.8, 4) is 0 Å². The summed E-state index contributed by atoms with van der Waals surface area (Å²) in [6.07, 6.45) is 14.6. The molecule has 8 atom stereocenters. The summed E-state index contributed by atoms with van der Waals surface area (Å²) in [7, 11) is 3.15. The smallest absolute Gasteiger partial charge is 0.407 e. The highest BCUT2D eigenvalue weighted by Gasteiger charge is 2.29. The van der Waals surface area contributed by atoms with Gasteiger partial charge in [-0.15, -0.1) is 11.3 Å². The van der Waals surface area contributed by atoms with E-state index in [2.05, 4.69) is 19.2 Å². The average Bonchev–Trinajstić information content (AvgIpc) is 3.57. The number of rotatable bonds is 6. The van der Waals surface area contributed by atoms with E-state index in [0.29, 0.717) is 29.1 Å². The van der Waals surface area contributed by atoms with Crippen LogP contribution in [0.25, 0.3) is 0 Å². The summed E-state index contributed by atoms with van der Waals surface area (Å²) in [6.45, 7) is 19.6. The van der Waals surface area contributed by atoms with E-state index in [1.54, 1.807) is 20.1 Å². The van der Waals surface area contributed by atoms with Crippen molar-refractivity contribution >= 4 is 23.4 Å². The number of ether oxygens (including phenoxy) is 3. The summed E-state index contributed by atoms with van der Waals surface area (Å²) in [5.74, 6) is -0.903. The normalized spacial score (nSPS) is 33.2. The number of esters is 1. The number of cyclic esters (lactones) is 1. The number of alkyl carbamates (subject to hydrolysis) is 1. The van der Waals surface area contributed by atoms with Crippen molar-refractivity contribution < 1.29 is 34.0 Å². The van der Waals surface area contributed by atoms with Crippen LogP contribution in [0.3, 0.4) is 0 Å². The summed E-state index contributed by atoms with van der Waals surface area (Å²) < 4.78 is 17.7. The van der Waals surface area contributed by atoms with Crippen LogP contribution in [0.1, 0.15) is 105 Å². The Balaban J connectivity index is 2.60. The van der Waals surface area contributed by atoms with Gasteiger partial charge < -0.3 is 29.7 Å². The number of hydrogen-bond acceptors (Lipinski definition) is 9. The van der Waals surface area contributed by atoms with E-state index in [-0.39, 0.29) is 29.8 Å². The lowest BCUT2D eigenvalue weighted by molar-refractivity contribution is -0.146. The van der Waals surface area contributed by atoms with E-state index in [1.807, 2.05) is 102 Å². The fourth-order valence-electron chi connectivity index (χ4n) is 5.92. The first-order valence-corrected chi connectivity index (χ1v) is 19.0. The molecule has 0 saturated heterocycles. The number of carbonyl (C=O) groups is 2. The largest absolute Gasteiger partial charge is 0.452 e. The molecule has 3 N–H and O–H groups in total. The van der Waals surface area contributed by atoms with E-state index in [0.717, 1.165) is 22.3 Å². The van der Waals surface area contributed by atoms with Crippen LogP contribution in [0.5, 0.6) is 0 Å². The summed E-state index contributed by atoms with van der Waals surface area (Å²) in [4.78, 5) is 30.6. The van der Waals surface area contributed by atoms with E-state index in [4.69, 9.17) is 19.2 Å². The fourth-order valence-corrected chi connectivity index (χ4v) is 6.80. The fraction of sp³-hybridized carbons (Fsp3) is 0.548. The molecule has 1 aliphatic heterocycles. The Morgan fingerprint density at radius 1 is 1.04 bits per heavy atom. The van der Waals surface area contributed by atoms with Crippen LogP contribution in [0.2, 0.25) is 0 Å². The van der Waals surface area contributed by atoms with Gasteiger partial charge in [0, 0.05) is 42.9 Å². The van der Waals surface area contributed by atoms with Crippen molar-refractivity contribution in [3.05, 3.63) is 98.6 Å². The first-order valence-electron chi connectivity index (χ1n) is 18.1. The molecule has 52 heavy (non-hydrogen) atoms. The van der Waals surface area contributed by atoms with E-state index < -0.39 is 36.5 Å². The number of amides is 1. The highest BCUT2D eigenvalue weighted by molar-refractivity contribution is 7.09. The van der Waals surface area contributed by atoms with Crippen LogP contribution in [0, 0.1) is 23.7 Å². The van der Waals surface area contributed by atoms with Gasteiger partial charge in [0.1, 0.15) is 5.01 Å². The van der Waals surface area contributed by atoms with Gasteiger partial charge in [-0.2, -0.15) is 0 Å². The lowest BCUT2D eigenvalue weighted by atomic mass is 9.91.